The molecule has 0 saturated carbocycles. The summed E-state index contributed by atoms with van der Waals surface area (Å²) in [4.78, 5) is 6.03. The molecule has 3 aromatic rings. The lowest BCUT2D eigenvalue weighted by Crippen LogP contribution is -2.37. The molecule has 0 amide bonds. The molecule has 1 aliphatic carbocycles. The second kappa shape index (κ2) is 6.33. The normalized spacial score (nSPS) is 17.3. The fourth-order valence-corrected chi connectivity index (χ4v) is 3.90. The maximum absolute atomic E-state index is 9.81. The number of aromatic nitrogens is 1. The third kappa shape index (κ3) is 2.92. The highest BCUT2D eigenvalue weighted by Gasteiger charge is 2.25. The van der Waals surface area contributed by atoms with Crippen LogP contribution in [0.1, 0.15) is 23.2 Å². The van der Waals surface area contributed by atoms with E-state index < -0.39 is 0 Å². The van der Waals surface area contributed by atoms with Crippen molar-refractivity contribution in [3.63, 3.8) is 0 Å². The fourth-order valence-electron chi connectivity index (χ4n) is 3.90. The van der Waals surface area contributed by atoms with Crippen LogP contribution in [0.2, 0.25) is 0 Å². The minimum absolute atomic E-state index is 0.351. The average Bonchev–Trinajstić information content (AvgIpc) is 2.97. The van der Waals surface area contributed by atoms with Crippen LogP contribution in [-0.4, -0.2) is 34.6 Å². The molecule has 1 atom stereocenters. The van der Waals surface area contributed by atoms with Crippen molar-refractivity contribution in [3.05, 3.63) is 65.4 Å². The van der Waals surface area contributed by atoms with Crippen molar-refractivity contribution in [2.75, 3.05) is 13.6 Å². The molecular weight excluding hydrogens is 296 g/mol. The number of aryl methyl sites for hydroxylation is 1. The van der Waals surface area contributed by atoms with Crippen molar-refractivity contribution >= 4 is 10.9 Å². The van der Waals surface area contributed by atoms with Gasteiger partial charge in [-0.15, -0.1) is 0 Å². The minimum atomic E-state index is 0.351. The molecule has 0 spiro atoms. The summed E-state index contributed by atoms with van der Waals surface area (Å²) in [5, 5.41) is 11.0. The first-order chi connectivity index (χ1) is 11.7. The first kappa shape index (κ1) is 15.3. The molecule has 0 fully saturated rings. The first-order valence-corrected chi connectivity index (χ1v) is 8.77. The van der Waals surface area contributed by atoms with Crippen molar-refractivity contribution < 1.29 is 5.11 Å². The highest BCUT2D eigenvalue weighted by molar-refractivity contribution is 5.86. The van der Waals surface area contributed by atoms with Gasteiger partial charge in [0.2, 0.25) is 0 Å². The van der Waals surface area contributed by atoms with Gasteiger partial charge in [0.05, 0.1) is 0 Å². The monoisotopic (exact) mass is 320 g/mol. The van der Waals surface area contributed by atoms with Gasteiger partial charge in [-0.25, -0.2) is 0 Å². The van der Waals surface area contributed by atoms with Crippen LogP contribution in [0.5, 0.6) is 5.75 Å². The third-order valence-electron chi connectivity index (χ3n) is 5.36. The number of aromatic hydroxyl groups is 1. The van der Waals surface area contributed by atoms with Gasteiger partial charge in [-0.2, -0.15) is 0 Å². The molecule has 4 rings (SSSR count). The van der Waals surface area contributed by atoms with Crippen LogP contribution in [0.15, 0.2) is 48.5 Å². The molecule has 2 aromatic carbocycles. The van der Waals surface area contributed by atoms with E-state index in [0.717, 1.165) is 31.3 Å². The summed E-state index contributed by atoms with van der Waals surface area (Å²) in [7, 11) is 2.24. The minimum Gasteiger partial charge on any atom is -0.508 e. The lowest BCUT2D eigenvalue weighted by molar-refractivity contribution is 0.224. The Morgan fingerprint density at radius 1 is 1.17 bits per heavy atom. The van der Waals surface area contributed by atoms with Gasteiger partial charge in [0.15, 0.2) is 0 Å². The molecule has 3 heteroatoms. The van der Waals surface area contributed by atoms with Gasteiger partial charge in [0.25, 0.3) is 0 Å². The van der Waals surface area contributed by atoms with Gasteiger partial charge in [0.1, 0.15) is 5.75 Å². The van der Waals surface area contributed by atoms with E-state index >= 15 is 0 Å². The lowest BCUT2D eigenvalue weighted by atomic mass is 9.90. The number of nitrogens with zero attached hydrogens (tertiary/aromatic N) is 1. The number of phenolic OH excluding ortho intramolecular Hbond substituents is 1. The quantitative estimate of drug-likeness (QED) is 0.765. The summed E-state index contributed by atoms with van der Waals surface area (Å²) in [6, 6.07) is 16.9. The number of benzene rings is 2. The number of nitrogens with one attached hydrogen (secondary N) is 1. The van der Waals surface area contributed by atoms with E-state index in [9.17, 15) is 5.11 Å². The summed E-state index contributed by atoms with van der Waals surface area (Å²) >= 11 is 0. The van der Waals surface area contributed by atoms with Crippen LogP contribution in [0.25, 0.3) is 10.9 Å². The number of aromatic amines is 1. The van der Waals surface area contributed by atoms with Crippen LogP contribution in [0.3, 0.4) is 0 Å². The topological polar surface area (TPSA) is 39.3 Å². The van der Waals surface area contributed by atoms with Gasteiger partial charge in [-0.3, -0.25) is 0 Å². The average molecular weight is 320 g/mol. The highest BCUT2D eigenvalue weighted by atomic mass is 16.3. The van der Waals surface area contributed by atoms with Gasteiger partial charge in [-0.1, -0.05) is 30.3 Å². The second-order valence-corrected chi connectivity index (χ2v) is 6.92. The zero-order valence-corrected chi connectivity index (χ0v) is 14.1. The largest absolute Gasteiger partial charge is 0.508 e. The van der Waals surface area contributed by atoms with Crippen LogP contribution < -0.4 is 0 Å². The van der Waals surface area contributed by atoms with E-state index in [0.29, 0.717) is 11.8 Å². The Kier molecular flexibility index (Phi) is 4.03. The van der Waals surface area contributed by atoms with Gasteiger partial charge in [0, 0.05) is 29.2 Å². The van der Waals surface area contributed by atoms with E-state index in [1.165, 1.54) is 28.6 Å². The Bertz CT molecular complexity index is 838. The summed E-state index contributed by atoms with van der Waals surface area (Å²) < 4.78 is 0. The van der Waals surface area contributed by atoms with E-state index in [-0.39, 0.29) is 0 Å². The third-order valence-corrected chi connectivity index (χ3v) is 5.36. The number of fused-ring (bicyclic) bond motifs is 3. The number of hydrogen-bond acceptors (Lipinski definition) is 2. The molecule has 0 bridgehead atoms. The Labute approximate surface area is 142 Å². The summed E-state index contributed by atoms with van der Waals surface area (Å²) in [5.74, 6) is 0.351. The van der Waals surface area contributed by atoms with E-state index in [4.69, 9.17) is 0 Å². The fraction of sp³-hybridized carbons (Fsp3) is 0.333. The molecule has 1 aliphatic rings. The SMILES string of the molecule is CN(CCc1ccccc1)C1CCc2[nH]c3ccc(O)cc3c2C1. The zero-order chi connectivity index (χ0) is 16.5. The van der Waals surface area contributed by atoms with Crippen LogP contribution >= 0.6 is 0 Å². The number of likely N-dealkylation sites (N-methyl/N-ethyl adjacent to an activating group) is 1. The van der Waals surface area contributed by atoms with Crippen molar-refractivity contribution in [1.29, 1.82) is 0 Å². The Morgan fingerprint density at radius 3 is 2.83 bits per heavy atom. The highest BCUT2D eigenvalue weighted by Crippen LogP contribution is 2.32. The number of phenols is 1. The summed E-state index contributed by atoms with van der Waals surface area (Å²) in [6.45, 7) is 1.08. The Balaban J connectivity index is 1.49. The van der Waals surface area contributed by atoms with Crippen molar-refractivity contribution in [3.8, 4) is 5.75 Å². The molecule has 3 nitrogen and oxygen atoms in total. The molecule has 2 N–H and O–H groups in total. The van der Waals surface area contributed by atoms with Gasteiger partial charge < -0.3 is 15.0 Å². The molecular formula is C21H24N2O. The Morgan fingerprint density at radius 2 is 2.00 bits per heavy atom. The molecule has 24 heavy (non-hydrogen) atoms. The zero-order valence-electron chi connectivity index (χ0n) is 14.1. The second-order valence-electron chi connectivity index (χ2n) is 6.92. The van der Waals surface area contributed by atoms with Crippen LogP contribution in [0.4, 0.5) is 0 Å². The van der Waals surface area contributed by atoms with Gasteiger partial charge >= 0.3 is 0 Å². The Hall–Kier alpha value is -2.26. The molecule has 1 aromatic heterocycles. The molecule has 124 valence electrons. The molecule has 0 saturated heterocycles. The van der Waals surface area contributed by atoms with E-state index in [1.54, 1.807) is 6.07 Å². The van der Waals surface area contributed by atoms with Crippen molar-refractivity contribution in [2.24, 2.45) is 0 Å². The standard InChI is InChI=1S/C21H24N2O/c1-23(12-11-15-5-3-2-4-6-15)16-7-9-20-18(13-16)19-14-17(24)8-10-21(19)22-20/h2-6,8,10,14,16,22,24H,7,9,11-13H2,1H3. The molecule has 1 heterocycles. The molecule has 0 radical (unpaired) electrons. The predicted octanol–water partition coefficient (Wildman–Crippen LogP) is 3.91. The van der Waals surface area contributed by atoms with Crippen molar-refractivity contribution in [1.82, 2.24) is 9.88 Å². The van der Waals surface area contributed by atoms with Crippen molar-refractivity contribution in [2.45, 2.75) is 31.7 Å². The smallest absolute Gasteiger partial charge is 0.116 e. The number of hydrogen-bond donors (Lipinski definition) is 2. The summed E-state index contributed by atoms with van der Waals surface area (Å²) in [5.41, 5.74) is 5.29. The lowest BCUT2D eigenvalue weighted by Gasteiger charge is -2.31. The van der Waals surface area contributed by atoms with Gasteiger partial charge in [-0.05, 0) is 62.1 Å². The van der Waals surface area contributed by atoms with Crippen LogP contribution in [0, 0.1) is 0 Å². The van der Waals surface area contributed by atoms with E-state index in [1.807, 2.05) is 12.1 Å². The predicted molar refractivity (Wildman–Crippen MR) is 98.6 cm³/mol. The van der Waals surface area contributed by atoms with Crippen LogP contribution in [-0.2, 0) is 19.3 Å². The first-order valence-electron chi connectivity index (χ1n) is 8.77. The maximum Gasteiger partial charge on any atom is 0.116 e. The van der Waals surface area contributed by atoms with E-state index in [2.05, 4.69) is 47.3 Å². The molecule has 0 aliphatic heterocycles. The number of H-pyrrole nitrogens is 1. The number of rotatable bonds is 4. The molecule has 1 unspecified atom stereocenters. The maximum atomic E-state index is 9.81. The summed E-state index contributed by atoms with van der Waals surface area (Å²) in [6.07, 6.45) is 4.43.